The van der Waals surface area contributed by atoms with Gasteiger partial charge < -0.3 is 4.98 Å². The molecule has 0 saturated heterocycles. The van der Waals surface area contributed by atoms with Crippen LogP contribution in [0.5, 0.6) is 0 Å². The van der Waals surface area contributed by atoms with Crippen molar-refractivity contribution in [3.05, 3.63) is 60.5 Å². The summed E-state index contributed by atoms with van der Waals surface area (Å²) in [6.07, 6.45) is 2.53. The van der Waals surface area contributed by atoms with Gasteiger partial charge in [0.15, 0.2) is 5.16 Å². The highest BCUT2D eigenvalue weighted by molar-refractivity contribution is 7.98. The lowest BCUT2D eigenvalue weighted by molar-refractivity contribution is -0.384. The van der Waals surface area contributed by atoms with E-state index in [1.807, 2.05) is 11.2 Å². The third kappa shape index (κ3) is 3.45. The lowest BCUT2D eigenvalue weighted by Crippen LogP contribution is -2.35. The number of aromatic amines is 1. The number of thioether (sulfide) groups is 1. The highest BCUT2D eigenvalue weighted by atomic mass is 35.5. The molecule has 0 bridgehead atoms. The maximum Gasteiger partial charge on any atom is 0.269 e. The van der Waals surface area contributed by atoms with Gasteiger partial charge in [0.1, 0.15) is 0 Å². The van der Waals surface area contributed by atoms with Crippen molar-refractivity contribution in [2.45, 2.75) is 24.7 Å². The molecule has 1 aliphatic heterocycles. The van der Waals surface area contributed by atoms with E-state index < -0.39 is 4.92 Å². The van der Waals surface area contributed by atoms with Gasteiger partial charge in [-0.1, -0.05) is 23.4 Å². The Morgan fingerprint density at radius 1 is 1.50 bits per heavy atom. The maximum absolute atomic E-state index is 12.2. The molecule has 0 fully saturated rings. The summed E-state index contributed by atoms with van der Waals surface area (Å²) in [5.41, 5.74) is 2.04. The minimum absolute atomic E-state index is 0.0101. The van der Waals surface area contributed by atoms with Crippen LogP contribution in [0.15, 0.2) is 28.2 Å². The highest BCUT2D eigenvalue weighted by Crippen LogP contribution is 2.25. The molecule has 0 saturated carbocycles. The Balaban J connectivity index is 1.83. The Labute approximate surface area is 147 Å². The van der Waals surface area contributed by atoms with E-state index in [2.05, 4.69) is 9.97 Å². The summed E-state index contributed by atoms with van der Waals surface area (Å²) in [6.45, 7) is 1.62. The number of hydrogen-bond donors (Lipinski definition) is 1. The van der Waals surface area contributed by atoms with Gasteiger partial charge in [0, 0.05) is 43.2 Å². The number of benzene rings is 1. The van der Waals surface area contributed by atoms with Crippen LogP contribution in [0.4, 0.5) is 5.69 Å². The average molecular weight is 367 g/mol. The van der Waals surface area contributed by atoms with E-state index in [4.69, 9.17) is 11.6 Å². The normalized spacial score (nSPS) is 14.4. The van der Waals surface area contributed by atoms with Crippen molar-refractivity contribution in [3.8, 4) is 0 Å². The van der Waals surface area contributed by atoms with E-state index in [1.165, 1.54) is 30.0 Å². The quantitative estimate of drug-likeness (QED) is 0.387. The molecule has 24 heavy (non-hydrogen) atoms. The van der Waals surface area contributed by atoms with Crippen LogP contribution in [-0.4, -0.2) is 32.6 Å². The van der Waals surface area contributed by atoms with Crippen molar-refractivity contribution >= 4 is 29.1 Å². The fourth-order valence-electron chi connectivity index (χ4n) is 2.73. The first-order chi connectivity index (χ1) is 11.5. The Morgan fingerprint density at radius 3 is 3.00 bits per heavy atom. The van der Waals surface area contributed by atoms with Crippen LogP contribution in [0.25, 0.3) is 0 Å². The standard InChI is InChI=1S/C15H15ClN4O3S/c1-24-15-17-13-4-5-19(8-11(13)14(21)18-15)7-9-6-10(20(22)23)2-3-12(9)16/h2-3,6H,4-5,7-8H2,1H3,(H,17,18,21). The summed E-state index contributed by atoms with van der Waals surface area (Å²) in [4.78, 5) is 31.9. The van der Waals surface area contributed by atoms with Gasteiger partial charge in [-0.25, -0.2) is 4.98 Å². The fourth-order valence-corrected chi connectivity index (χ4v) is 3.30. The number of nitrogens with zero attached hydrogens (tertiary/aromatic N) is 3. The summed E-state index contributed by atoms with van der Waals surface area (Å²) in [7, 11) is 0. The van der Waals surface area contributed by atoms with Crippen LogP contribution in [0.3, 0.4) is 0 Å². The Hall–Kier alpha value is -1.90. The third-order valence-corrected chi connectivity index (χ3v) is 4.90. The van der Waals surface area contributed by atoms with Gasteiger partial charge in [0.25, 0.3) is 11.2 Å². The molecule has 1 aliphatic rings. The predicted molar refractivity (Wildman–Crippen MR) is 92.6 cm³/mol. The fraction of sp³-hybridized carbons (Fsp3) is 0.333. The summed E-state index contributed by atoms with van der Waals surface area (Å²) in [5.74, 6) is 0. The molecule has 1 aromatic carbocycles. The van der Waals surface area contributed by atoms with E-state index in [9.17, 15) is 14.9 Å². The molecular weight excluding hydrogens is 352 g/mol. The lowest BCUT2D eigenvalue weighted by Gasteiger charge is -2.27. The van der Waals surface area contributed by atoms with Gasteiger partial charge in [-0.3, -0.25) is 19.8 Å². The average Bonchev–Trinajstić information content (AvgIpc) is 2.57. The van der Waals surface area contributed by atoms with Crippen molar-refractivity contribution in [1.29, 1.82) is 0 Å². The number of nitrogens with one attached hydrogen (secondary N) is 1. The molecule has 0 spiro atoms. The number of fused-ring (bicyclic) bond motifs is 1. The van der Waals surface area contributed by atoms with Gasteiger partial charge >= 0.3 is 0 Å². The number of nitro benzene ring substituents is 1. The number of rotatable bonds is 4. The highest BCUT2D eigenvalue weighted by Gasteiger charge is 2.22. The molecule has 7 nitrogen and oxygen atoms in total. The molecule has 9 heteroatoms. The smallest absolute Gasteiger partial charge is 0.269 e. The second-order valence-corrected chi connectivity index (χ2v) is 6.70. The van der Waals surface area contributed by atoms with E-state index in [-0.39, 0.29) is 11.2 Å². The molecule has 126 valence electrons. The van der Waals surface area contributed by atoms with Crippen molar-refractivity contribution in [3.63, 3.8) is 0 Å². The molecule has 0 unspecified atom stereocenters. The first-order valence-electron chi connectivity index (χ1n) is 7.29. The summed E-state index contributed by atoms with van der Waals surface area (Å²) < 4.78 is 0. The maximum atomic E-state index is 12.2. The zero-order valence-electron chi connectivity index (χ0n) is 12.9. The van der Waals surface area contributed by atoms with E-state index in [1.54, 1.807) is 0 Å². The van der Waals surface area contributed by atoms with Crippen LogP contribution in [-0.2, 0) is 19.5 Å². The molecule has 0 radical (unpaired) electrons. The zero-order chi connectivity index (χ0) is 17.3. The lowest BCUT2D eigenvalue weighted by atomic mass is 10.1. The first kappa shape index (κ1) is 16.9. The number of halogens is 1. The van der Waals surface area contributed by atoms with Gasteiger partial charge in [-0.05, 0) is 17.9 Å². The second kappa shape index (κ2) is 6.92. The van der Waals surface area contributed by atoms with Crippen molar-refractivity contribution in [2.24, 2.45) is 0 Å². The summed E-state index contributed by atoms with van der Waals surface area (Å²) >= 11 is 7.56. The SMILES string of the molecule is CSc1nc2c(c(=O)[nH]1)CN(Cc1cc([N+](=O)[O-])ccc1Cl)CC2. The molecule has 1 N–H and O–H groups in total. The molecule has 0 atom stereocenters. The monoisotopic (exact) mass is 366 g/mol. The predicted octanol–water partition coefficient (Wildman–Crippen LogP) is 2.61. The van der Waals surface area contributed by atoms with Gasteiger partial charge in [-0.15, -0.1) is 0 Å². The topological polar surface area (TPSA) is 92.1 Å². The van der Waals surface area contributed by atoms with Crippen LogP contribution in [0.1, 0.15) is 16.8 Å². The van der Waals surface area contributed by atoms with Crippen LogP contribution in [0.2, 0.25) is 5.02 Å². The van der Waals surface area contributed by atoms with Crippen LogP contribution in [0, 0.1) is 10.1 Å². The molecular formula is C15H15ClN4O3S. The molecule has 0 amide bonds. The Morgan fingerprint density at radius 2 is 2.29 bits per heavy atom. The van der Waals surface area contributed by atoms with Gasteiger partial charge in [0.05, 0.1) is 16.2 Å². The Bertz CT molecular complexity index is 855. The van der Waals surface area contributed by atoms with Gasteiger partial charge in [-0.2, -0.15) is 0 Å². The molecule has 0 aliphatic carbocycles. The number of non-ortho nitro benzene ring substituents is 1. The number of H-pyrrole nitrogens is 1. The van der Waals surface area contributed by atoms with E-state index in [0.717, 1.165) is 12.2 Å². The molecule has 1 aromatic heterocycles. The Kier molecular flexibility index (Phi) is 4.88. The van der Waals surface area contributed by atoms with Crippen LogP contribution >= 0.6 is 23.4 Å². The van der Waals surface area contributed by atoms with E-state index in [0.29, 0.717) is 40.8 Å². The van der Waals surface area contributed by atoms with Crippen molar-refractivity contribution in [1.82, 2.24) is 14.9 Å². The largest absolute Gasteiger partial charge is 0.301 e. The minimum atomic E-state index is -0.441. The van der Waals surface area contributed by atoms with Crippen molar-refractivity contribution < 1.29 is 4.92 Å². The van der Waals surface area contributed by atoms with E-state index >= 15 is 0 Å². The molecule has 3 rings (SSSR count). The second-order valence-electron chi connectivity index (χ2n) is 5.49. The number of aromatic nitrogens is 2. The molecule has 2 heterocycles. The third-order valence-electron chi connectivity index (χ3n) is 3.95. The van der Waals surface area contributed by atoms with Crippen LogP contribution < -0.4 is 5.56 Å². The first-order valence-corrected chi connectivity index (χ1v) is 8.89. The summed E-state index contributed by atoms with van der Waals surface area (Å²) in [6, 6.07) is 4.40. The number of nitro groups is 1. The number of hydrogen-bond acceptors (Lipinski definition) is 6. The zero-order valence-corrected chi connectivity index (χ0v) is 14.5. The summed E-state index contributed by atoms with van der Waals surface area (Å²) in [5, 5.41) is 12.0. The molecule has 2 aromatic rings. The van der Waals surface area contributed by atoms with Gasteiger partial charge in [0.2, 0.25) is 0 Å². The van der Waals surface area contributed by atoms with Crippen molar-refractivity contribution in [2.75, 3.05) is 12.8 Å². The minimum Gasteiger partial charge on any atom is -0.301 e.